The van der Waals surface area contributed by atoms with E-state index in [1.807, 2.05) is 0 Å². The summed E-state index contributed by atoms with van der Waals surface area (Å²) < 4.78 is 31.6. The number of hydrogen-bond acceptors (Lipinski definition) is 3. The normalized spacial score (nSPS) is 14.9. The third kappa shape index (κ3) is 3.99. The van der Waals surface area contributed by atoms with E-state index in [4.69, 9.17) is 10.5 Å². The van der Waals surface area contributed by atoms with Crippen molar-refractivity contribution in [2.24, 2.45) is 11.7 Å². The van der Waals surface area contributed by atoms with E-state index < -0.39 is 11.6 Å². The van der Waals surface area contributed by atoms with Crippen molar-refractivity contribution < 1.29 is 23.1 Å². The minimum atomic E-state index is -0.992. The number of halogens is 2. The smallest absolute Gasteiger partial charge is 0.253 e. The molecule has 2 aromatic rings. The summed E-state index contributed by atoms with van der Waals surface area (Å²) >= 11 is 0. The number of nitrogens with zero attached hydrogens (tertiary/aromatic N) is 1. The molecule has 0 aliphatic carbocycles. The van der Waals surface area contributed by atoms with Crippen LogP contribution in [0, 0.1) is 17.6 Å². The van der Waals surface area contributed by atoms with Crippen LogP contribution >= 0.6 is 0 Å². The van der Waals surface area contributed by atoms with E-state index >= 15 is 0 Å². The topological polar surface area (TPSA) is 72.6 Å². The summed E-state index contributed by atoms with van der Waals surface area (Å²) in [6.45, 7) is 0.971. The third-order valence-corrected chi connectivity index (χ3v) is 4.41. The van der Waals surface area contributed by atoms with Crippen LogP contribution in [0.4, 0.5) is 8.78 Å². The molecule has 0 radical (unpaired) electrons. The lowest BCUT2D eigenvalue weighted by Crippen LogP contribution is -2.41. The molecule has 1 saturated heterocycles. The van der Waals surface area contributed by atoms with Gasteiger partial charge in [0, 0.05) is 30.6 Å². The zero-order chi connectivity index (χ0) is 18.7. The number of likely N-dealkylation sites (tertiary alicyclic amines) is 1. The molecule has 7 heteroatoms. The number of primary amides is 1. The molecule has 0 aromatic heterocycles. The number of carbonyl (C=O) groups excluding carboxylic acids is 2. The van der Waals surface area contributed by atoms with Gasteiger partial charge >= 0.3 is 0 Å². The Morgan fingerprint density at radius 1 is 0.962 bits per heavy atom. The molecule has 0 unspecified atom stereocenters. The fourth-order valence-electron chi connectivity index (χ4n) is 2.89. The first-order chi connectivity index (χ1) is 12.4. The molecule has 1 aliphatic heterocycles. The lowest BCUT2D eigenvalue weighted by Gasteiger charge is -2.30. The minimum Gasteiger partial charge on any atom is -0.457 e. The van der Waals surface area contributed by atoms with Crippen LogP contribution in [0.5, 0.6) is 11.5 Å². The number of hydrogen-bond donors (Lipinski definition) is 1. The van der Waals surface area contributed by atoms with Gasteiger partial charge < -0.3 is 15.4 Å². The van der Waals surface area contributed by atoms with Crippen LogP contribution in [0.25, 0.3) is 0 Å². The average Bonchev–Trinajstić information content (AvgIpc) is 2.65. The van der Waals surface area contributed by atoms with Gasteiger partial charge in [0.25, 0.3) is 5.91 Å². The van der Waals surface area contributed by atoms with Crippen LogP contribution < -0.4 is 10.5 Å². The van der Waals surface area contributed by atoms with Crippen molar-refractivity contribution in [1.82, 2.24) is 4.90 Å². The van der Waals surface area contributed by atoms with Crippen molar-refractivity contribution in [3.8, 4) is 11.5 Å². The fraction of sp³-hybridized carbons (Fsp3) is 0.263. The molecule has 0 saturated carbocycles. The number of carbonyl (C=O) groups is 2. The molecule has 3 rings (SSSR count). The molecule has 26 heavy (non-hydrogen) atoms. The van der Waals surface area contributed by atoms with Crippen molar-refractivity contribution in [2.45, 2.75) is 12.8 Å². The second-order valence-electron chi connectivity index (χ2n) is 6.17. The van der Waals surface area contributed by atoms with Crippen molar-refractivity contribution in [3.05, 3.63) is 59.7 Å². The number of piperidine rings is 1. The molecule has 136 valence electrons. The molecule has 2 amide bonds. The highest BCUT2D eigenvalue weighted by Crippen LogP contribution is 2.24. The van der Waals surface area contributed by atoms with Crippen molar-refractivity contribution in [1.29, 1.82) is 0 Å². The molecule has 1 aliphatic rings. The second-order valence-corrected chi connectivity index (χ2v) is 6.17. The number of nitrogens with two attached hydrogens (primary N) is 1. The summed E-state index contributed by atoms with van der Waals surface area (Å²) in [7, 11) is 0. The van der Waals surface area contributed by atoms with Gasteiger partial charge in [0.05, 0.1) is 0 Å². The molecular weight excluding hydrogens is 342 g/mol. The van der Waals surface area contributed by atoms with Gasteiger partial charge in [-0.15, -0.1) is 0 Å². The van der Waals surface area contributed by atoms with E-state index in [2.05, 4.69) is 0 Å². The molecular formula is C19H18F2N2O3. The standard InChI is InChI=1S/C19H18F2N2O3/c20-16-6-5-15(11-17(16)21)26-14-3-1-13(2-4-14)19(25)23-9-7-12(8-10-23)18(22)24/h1-6,11-12H,7-10H2,(H2,22,24). The van der Waals surface area contributed by atoms with Gasteiger partial charge in [-0.3, -0.25) is 9.59 Å². The Kier molecular flexibility index (Phi) is 5.16. The van der Waals surface area contributed by atoms with Crippen LogP contribution in [0.3, 0.4) is 0 Å². The van der Waals surface area contributed by atoms with Crippen LogP contribution in [0.1, 0.15) is 23.2 Å². The molecule has 2 aromatic carbocycles. The quantitative estimate of drug-likeness (QED) is 0.911. The van der Waals surface area contributed by atoms with Gasteiger partial charge in [0.1, 0.15) is 11.5 Å². The summed E-state index contributed by atoms with van der Waals surface area (Å²) in [5.41, 5.74) is 5.78. The van der Waals surface area contributed by atoms with Gasteiger partial charge in [-0.25, -0.2) is 8.78 Å². The Bertz CT molecular complexity index is 816. The van der Waals surface area contributed by atoms with E-state index in [1.54, 1.807) is 29.2 Å². The fourth-order valence-corrected chi connectivity index (χ4v) is 2.89. The number of amides is 2. The molecule has 5 nitrogen and oxygen atoms in total. The van der Waals surface area contributed by atoms with E-state index in [9.17, 15) is 18.4 Å². The SMILES string of the molecule is NC(=O)C1CCN(C(=O)c2ccc(Oc3ccc(F)c(F)c3)cc2)CC1. The van der Waals surface area contributed by atoms with Crippen molar-refractivity contribution in [2.75, 3.05) is 13.1 Å². The Balaban J connectivity index is 1.63. The lowest BCUT2D eigenvalue weighted by molar-refractivity contribution is -0.123. The summed E-state index contributed by atoms with van der Waals surface area (Å²) in [5, 5.41) is 0. The number of ether oxygens (including phenoxy) is 1. The first kappa shape index (κ1) is 17.8. The maximum atomic E-state index is 13.2. The Morgan fingerprint density at radius 2 is 1.58 bits per heavy atom. The zero-order valence-electron chi connectivity index (χ0n) is 14.0. The van der Waals surface area contributed by atoms with E-state index in [0.717, 1.165) is 12.1 Å². The first-order valence-electron chi connectivity index (χ1n) is 8.25. The van der Waals surface area contributed by atoms with Crippen molar-refractivity contribution >= 4 is 11.8 Å². The van der Waals surface area contributed by atoms with Gasteiger partial charge in [0.15, 0.2) is 11.6 Å². The number of benzene rings is 2. The van der Waals surface area contributed by atoms with E-state index in [0.29, 0.717) is 37.2 Å². The number of rotatable bonds is 4. The third-order valence-electron chi connectivity index (χ3n) is 4.41. The molecule has 0 spiro atoms. The van der Waals surface area contributed by atoms with E-state index in [-0.39, 0.29) is 23.5 Å². The summed E-state index contributed by atoms with van der Waals surface area (Å²) in [6, 6.07) is 9.65. The molecule has 0 atom stereocenters. The summed E-state index contributed by atoms with van der Waals surface area (Å²) in [6.07, 6.45) is 1.14. The van der Waals surface area contributed by atoms with E-state index in [1.165, 1.54) is 6.07 Å². The molecule has 2 N–H and O–H groups in total. The summed E-state index contributed by atoms with van der Waals surface area (Å²) in [5.74, 6) is -2.00. The highest BCUT2D eigenvalue weighted by molar-refractivity contribution is 5.94. The van der Waals surface area contributed by atoms with Gasteiger partial charge in [-0.05, 0) is 49.2 Å². The average molecular weight is 360 g/mol. The molecule has 1 heterocycles. The van der Waals surface area contributed by atoms with Crippen LogP contribution in [0.2, 0.25) is 0 Å². The highest BCUT2D eigenvalue weighted by Gasteiger charge is 2.26. The van der Waals surface area contributed by atoms with Crippen molar-refractivity contribution in [3.63, 3.8) is 0 Å². The highest BCUT2D eigenvalue weighted by atomic mass is 19.2. The molecule has 1 fully saturated rings. The van der Waals surface area contributed by atoms with Crippen LogP contribution in [0.15, 0.2) is 42.5 Å². The Labute approximate surface area is 149 Å². The minimum absolute atomic E-state index is 0.132. The summed E-state index contributed by atoms with van der Waals surface area (Å²) in [4.78, 5) is 25.4. The van der Waals surface area contributed by atoms with Crippen LogP contribution in [-0.2, 0) is 4.79 Å². The largest absolute Gasteiger partial charge is 0.457 e. The van der Waals surface area contributed by atoms with Gasteiger partial charge in [-0.2, -0.15) is 0 Å². The van der Waals surface area contributed by atoms with Gasteiger partial charge in [0.2, 0.25) is 5.91 Å². The maximum Gasteiger partial charge on any atom is 0.253 e. The maximum absolute atomic E-state index is 13.2. The predicted octanol–water partition coefficient (Wildman–Crippen LogP) is 3.09. The zero-order valence-corrected chi connectivity index (χ0v) is 14.0. The predicted molar refractivity (Wildman–Crippen MR) is 90.7 cm³/mol. The Morgan fingerprint density at radius 3 is 2.15 bits per heavy atom. The second kappa shape index (κ2) is 7.51. The Hall–Kier alpha value is -2.96. The van der Waals surface area contributed by atoms with Crippen LogP contribution in [-0.4, -0.2) is 29.8 Å². The monoisotopic (exact) mass is 360 g/mol. The van der Waals surface area contributed by atoms with Gasteiger partial charge in [-0.1, -0.05) is 0 Å². The lowest BCUT2D eigenvalue weighted by atomic mass is 9.96. The first-order valence-corrected chi connectivity index (χ1v) is 8.25. The molecule has 0 bridgehead atoms.